The van der Waals surface area contributed by atoms with Gasteiger partial charge in [-0.05, 0) is 53.3 Å². The summed E-state index contributed by atoms with van der Waals surface area (Å²) in [5.41, 5.74) is 4.91. The maximum atomic E-state index is 12.6. The summed E-state index contributed by atoms with van der Waals surface area (Å²) in [5, 5.41) is 2.91. The van der Waals surface area contributed by atoms with E-state index in [1.807, 2.05) is 18.2 Å². The molecule has 0 aliphatic carbocycles. The molecule has 1 heterocycles. The molecule has 1 aliphatic heterocycles. The quantitative estimate of drug-likeness (QED) is 0.810. The van der Waals surface area contributed by atoms with Crippen molar-refractivity contribution >= 4 is 21.5 Å². The van der Waals surface area contributed by atoms with Gasteiger partial charge in [-0.25, -0.2) is 8.42 Å². The molecule has 2 aromatic rings. The van der Waals surface area contributed by atoms with Crippen molar-refractivity contribution in [3.05, 3.63) is 64.7 Å². The Kier molecular flexibility index (Phi) is 5.98. The molecule has 5 nitrogen and oxygen atoms in total. The van der Waals surface area contributed by atoms with Crippen molar-refractivity contribution in [3.63, 3.8) is 0 Å². The molecule has 0 saturated carbocycles. The molecule has 2 aromatic carbocycles. The number of nitrogens with zero attached hydrogens (tertiary/aromatic N) is 1. The van der Waals surface area contributed by atoms with Gasteiger partial charge in [-0.3, -0.25) is 9.79 Å². The number of carbonyl (C=O) groups is 1. The number of nitrogens with one attached hydrogen (secondary N) is 1. The summed E-state index contributed by atoms with van der Waals surface area (Å²) in [4.78, 5) is 17.5. The molecule has 1 N–H and O–H groups in total. The third kappa shape index (κ3) is 4.33. The highest BCUT2D eigenvalue weighted by molar-refractivity contribution is 7.91. The number of hydrogen-bond donors (Lipinski definition) is 1. The van der Waals surface area contributed by atoms with Crippen LogP contribution in [0.5, 0.6) is 0 Å². The third-order valence-corrected chi connectivity index (χ3v) is 6.72. The summed E-state index contributed by atoms with van der Waals surface area (Å²) in [7, 11) is -3.21. The average Bonchev–Trinajstić information content (AvgIpc) is 2.71. The minimum Gasteiger partial charge on any atom is -0.348 e. The highest BCUT2D eigenvalue weighted by Gasteiger charge is 2.18. The predicted molar refractivity (Wildman–Crippen MR) is 112 cm³/mol. The van der Waals surface area contributed by atoms with Crippen molar-refractivity contribution in [2.45, 2.75) is 38.6 Å². The average molecular weight is 399 g/mol. The Morgan fingerprint density at radius 3 is 2.50 bits per heavy atom. The Hall–Kier alpha value is -2.47. The molecule has 0 atom stereocenters. The normalized spacial score (nSPS) is 13.8. The van der Waals surface area contributed by atoms with E-state index in [1.165, 1.54) is 5.56 Å². The van der Waals surface area contributed by atoms with Crippen LogP contribution in [0.4, 0.5) is 0 Å². The zero-order valence-electron chi connectivity index (χ0n) is 16.5. The van der Waals surface area contributed by atoms with Crippen LogP contribution in [0.3, 0.4) is 0 Å². The molecule has 0 bridgehead atoms. The minimum absolute atomic E-state index is 0.0741. The zero-order valence-corrected chi connectivity index (χ0v) is 17.3. The van der Waals surface area contributed by atoms with E-state index in [1.54, 1.807) is 31.2 Å². The Balaban J connectivity index is 1.68. The molecular formula is C22H26N2O3S. The first-order chi connectivity index (χ1) is 13.3. The van der Waals surface area contributed by atoms with E-state index >= 15 is 0 Å². The van der Waals surface area contributed by atoms with E-state index in [0.29, 0.717) is 22.9 Å². The second-order valence-electron chi connectivity index (χ2n) is 7.27. The van der Waals surface area contributed by atoms with Crippen LogP contribution in [-0.4, -0.2) is 32.3 Å². The SMILES string of the molecule is CCS(=O)(=O)c1ccc(CNC(=O)c2ccc3c(c2)CCN=C3C(C)C)cc1. The summed E-state index contributed by atoms with van der Waals surface area (Å²) in [6, 6.07) is 12.4. The first-order valence-electron chi connectivity index (χ1n) is 9.59. The van der Waals surface area contributed by atoms with Crippen LogP contribution in [0.25, 0.3) is 0 Å². The first kappa shape index (κ1) is 20.3. The number of benzene rings is 2. The highest BCUT2D eigenvalue weighted by atomic mass is 32.2. The summed E-state index contributed by atoms with van der Waals surface area (Å²) in [6.07, 6.45) is 0.847. The Morgan fingerprint density at radius 2 is 1.86 bits per heavy atom. The second-order valence-corrected chi connectivity index (χ2v) is 9.55. The van der Waals surface area contributed by atoms with E-state index in [4.69, 9.17) is 0 Å². The number of hydrogen-bond acceptors (Lipinski definition) is 4. The number of sulfone groups is 1. The van der Waals surface area contributed by atoms with Crippen molar-refractivity contribution in [1.29, 1.82) is 0 Å². The van der Waals surface area contributed by atoms with Crippen molar-refractivity contribution in [2.24, 2.45) is 10.9 Å². The molecule has 1 amide bonds. The number of aliphatic imine (C=N–C) groups is 1. The summed E-state index contributed by atoms with van der Waals surface area (Å²) in [5.74, 6) is 0.296. The molecule has 0 aromatic heterocycles. The molecule has 0 unspecified atom stereocenters. The smallest absolute Gasteiger partial charge is 0.251 e. The molecule has 0 fully saturated rings. The van der Waals surface area contributed by atoms with E-state index in [2.05, 4.69) is 24.2 Å². The van der Waals surface area contributed by atoms with Crippen LogP contribution in [0.2, 0.25) is 0 Å². The van der Waals surface area contributed by atoms with Gasteiger partial charge >= 0.3 is 0 Å². The third-order valence-electron chi connectivity index (χ3n) is 4.97. The topological polar surface area (TPSA) is 75.6 Å². The fourth-order valence-corrected chi connectivity index (χ4v) is 4.22. The summed E-state index contributed by atoms with van der Waals surface area (Å²) >= 11 is 0. The molecule has 148 valence electrons. The Bertz CT molecular complexity index is 1010. The maximum Gasteiger partial charge on any atom is 0.251 e. The number of carbonyl (C=O) groups excluding carboxylic acids is 1. The summed E-state index contributed by atoms with van der Waals surface area (Å²) in [6.45, 7) is 6.99. The van der Waals surface area contributed by atoms with Crippen LogP contribution >= 0.6 is 0 Å². The maximum absolute atomic E-state index is 12.6. The van der Waals surface area contributed by atoms with E-state index in [-0.39, 0.29) is 11.7 Å². The number of rotatable bonds is 6. The van der Waals surface area contributed by atoms with Gasteiger partial charge < -0.3 is 5.32 Å². The lowest BCUT2D eigenvalue weighted by molar-refractivity contribution is 0.0950. The molecule has 6 heteroatoms. The Morgan fingerprint density at radius 1 is 1.14 bits per heavy atom. The monoisotopic (exact) mass is 398 g/mol. The van der Waals surface area contributed by atoms with E-state index < -0.39 is 9.84 Å². The molecule has 0 radical (unpaired) electrons. The van der Waals surface area contributed by atoms with Gasteiger partial charge in [-0.1, -0.05) is 39.0 Å². The lowest BCUT2D eigenvalue weighted by Crippen LogP contribution is -2.24. The number of amides is 1. The fourth-order valence-electron chi connectivity index (χ4n) is 3.33. The Labute approximate surface area is 166 Å². The lowest BCUT2D eigenvalue weighted by Gasteiger charge is -2.20. The fraction of sp³-hybridized carbons (Fsp3) is 0.364. The molecule has 0 saturated heterocycles. The van der Waals surface area contributed by atoms with Gasteiger partial charge in [-0.15, -0.1) is 0 Å². The molecule has 1 aliphatic rings. The van der Waals surface area contributed by atoms with E-state index in [9.17, 15) is 13.2 Å². The van der Waals surface area contributed by atoms with Gasteiger partial charge in [0.15, 0.2) is 9.84 Å². The predicted octanol–water partition coefficient (Wildman–Crippen LogP) is 3.41. The molecule has 3 rings (SSSR count). The first-order valence-corrected chi connectivity index (χ1v) is 11.2. The van der Waals surface area contributed by atoms with Gasteiger partial charge in [0.25, 0.3) is 5.91 Å². The van der Waals surface area contributed by atoms with Gasteiger partial charge in [-0.2, -0.15) is 0 Å². The highest BCUT2D eigenvalue weighted by Crippen LogP contribution is 2.22. The molecule has 28 heavy (non-hydrogen) atoms. The summed E-state index contributed by atoms with van der Waals surface area (Å²) < 4.78 is 23.7. The second kappa shape index (κ2) is 8.27. The zero-order chi connectivity index (χ0) is 20.3. The standard InChI is InChI=1S/C22H26N2O3S/c1-4-28(26,27)19-8-5-16(6-9-19)14-24-22(25)18-7-10-20-17(13-18)11-12-23-21(20)15(2)3/h5-10,13,15H,4,11-12,14H2,1-3H3,(H,24,25). The largest absolute Gasteiger partial charge is 0.348 e. The van der Waals surface area contributed by atoms with Gasteiger partial charge in [0.1, 0.15) is 0 Å². The van der Waals surface area contributed by atoms with Gasteiger partial charge in [0.05, 0.1) is 10.6 Å². The molecule has 0 spiro atoms. The lowest BCUT2D eigenvalue weighted by atomic mass is 9.90. The van der Waals surface area contributed by atoms with Crippen molar-refractivity contribution in [2.75, 3.05) is 12.3 Å². The van der Waals surface area contributed by atoms with Crippen molar-refractivity contribution in [1.82, 2.24) is 5.32 Å². The van der Waals surface area contributed by atoms with Crippen molar-refractivity contribution in [3.8, 4) is 0 Å². The van der Waals surface area contributed by atoms with Crippen molar-refractivity contribution < 1.29 is 13.2 Å². The van der Waals surface area contributed by atoms with Crippen LogP contribution in [0.1, 0.15) is 47.8 Å². The minimum atomic E-state index is -3.21. The van der Waals surface area contributed by atoms with Gasteiger partial charge in [0.2, 0.25) is 0 Å². The molecular weight excluding hydrogens is 372 g/mol. The van der Waals surface area contributed by atoms with Crippen LogP contribution in [0.15, 0.2) is 52.4 Å². The van der Waals surface area contributed by atoms with E-state index in [0.717, 1.165) is 29.8 Å². The van der Waals surface area contributed by atoms with Crippen LogP contribution in [0, 0.1) is 5.92 Å². The van der Waals surface area contributed by atoms with Crippen LogP contribution < -0.4 is 5.32 Å². The number of fused-ring (bicyclic) bond motifs is 1. The van der Waals surface area contributed by atoms with Crippen LogP contribution in [-0.2, 0) is 22.8 Å². The van der Waals surface area contributed by atoms with Gasteiger partial charge in [0, 0.05) is 24.4 Å².